The van der Waals surface area contributed by atoms with Gasteiger partial charge in [0.2, 0.25) is 0 Å². The van der Waals surface area contributed by atoms with Gasteiger partial charge in [-0.15, -0.1) is 0 Å². The van der Waals surface area contributed by atoms with Crippen molar-refractivity contribution in [1.29, 1.82) is 0 Å². The Hall–Kier alpha value is -1.82. The van der Waals surface area contributed by atoms with Gasteiger partial charge in [-0.1, -0.05) is 53.2 Å². The monoisotopic (exact) mass is 721 g/mol. The highest BCUT2D eigenvalue weighted by Crippen LogP contribution is 2.74. The highest BCUT2D eigenvalue weighted by molar-refractivity contribution is 5.88. The Morgan fingerprint density at radius 2 is 1.51 bits per heavy atom. The number of aliphatic hydroxyl groups is 4. The number of carbonyl (C=O) groups is 2. The Morgan fingerprint density at radius 3 is 2.00 bits per heavy atom. The van der Waals surface area contributed by atoms with E-state index in [1.54, 1.807) is 0 Å². The third kappa shape index (κ3) is 9.29. The summed E-state index contributed by atoms with van der Waals surface area (Å²) in [6.07, 6.45) is 8.10. The molecule has 4 fully saturated rings. The number of nitrogens with one attached hydrogen (secondary N) is 2. The zero-order valence-electron chi connectivity index (χ0n) is 33.1. The topological polar surface area (TPSA) is 169 Å². The van der Waals surface area contributed by atoms with E-state index < -0.39 is 24.1 Å². The molecule has 10 heteroatoms. The molecule has 7 N–H and O–H groups in total. The number of rotatable bonds is 14. The predicted octanol–water partition coefficient (Wildman–Crippen LogP) is 5.37. The Bertz CT molecular complexity index is 1210. The van der Waals surface area contributed by atoms with Crippen LogP contribution in [-0.2, 0) is 14.3 Å². The number of carboxylic acids is 1. The maximum atomic E-state index is 12.6. The Morgan fingerprint density at radius 1 is 0.922 bits per heavy atom. The minimum Gasteiger partial charge on any atom is -0.478 e. The van der Waals surface area contributed by atoms with Gasteiger partial charge in [-0.2, -0.15) is 0 Å². The molecular formula is C41H72N2O8. The van der Waals surface area contributed by atoms with E-state index in [-0.39, 0.29) is 65.4 Å². The third-order valence-corrected chi connectivity index (χ3v) is 14.0. The zero-order valence-corrected chi connectivity index (χ0v) is 33.1. The number of ether oxygens (including phenoxy) is 1. The van der Waals surface area contributed by atoms with E-state index in [1.165, 1.54) is 6.92 Å². The molecule has 4 saturated carbocycles. The lowest BCUT2D eigenvalue weighted by atomic mass is 9.36. The number of carboxylic acid groups (broad SMARTS) is 1. The Labute approximate surface area is 307 Å². The van der Waals surface area contributed by atoms with Crippen molar-refractivity contribution in [3.05, 3.63) is 22.8 Å². The highest BCUT2D eigenvalue weighted by Gasteiger charge is 2.70. The summed E-state index contributed by atoms with van der Waals surface area (Å²) in [4.78, 5) is 24.8. The predicted molar refractivity (Wildman–Crippen MR) is 201 cm³/mol. The van der Waals surface area contributed by atoms with Crippen LogP contribution in [0, 0.1) is 39.9 Å². The first kappa shape index (κ1) is 43.6. The van der Waals surface area contributed by atoms with Crippen molar-refractivity contribution in [3.63, 3.8) is 0 Å². The van der Waals surface area contributed by atoms with Gasteiger partial charge in [-0.3, -0.25) is 4.79 Å². The van der Waals surface area contributed by atoms with Crippen LogP contribution in [-0.4, -0.2) is 94.2 Å². The minimum atomic E-state index is -0.953. The van der Waals surface area contributed by atoms with E-state index in [1.807, 2.05) is 33.8 Å². The second-order valence-corrected chi connectivity index (χ2v) is 17.1. The molecular weight excluding hydrogens is 648 g/mol. The Balaban J connectivity index is 0.000000425. The van der Waals surface area contributed by atoms with Crippen LogP contribution in [0.2, 0.25) is 0 Å². The summed E-state index contributed by atoms with van der Waals surface area (Å²) < 4.78 is 5.87. The quantitative estimate of drug-likeness (QED) is 0.0536. The number of allylic oxidation sites excluding steroid dienone is 2. The van der Waals surface area contributed by atoms with Crippen molar-refractivity contribution in [3.8, 4) is 0 Å². The summed E-state index contributed by atoms with van der Waals surface area (Å²) in [6, 6.07) is 0.400. The van der Waals surface area contributed by atoms with Crippen LogP contribution in [0.4, 0.5) is 0 Å². The van der Waals surface area contributed by atoms with Crippen LogP contribution < -0.4 is 10.6 Å². The van der Waals surface area contributed by atoms with Gasteiger partial charge in [0.05, 0.1) is 25.4 Å². The van der Waals surface area contributed by atoms with E-state index in [4.69, 9.17) is 14.9 Å². The lowest BCUT2D eigenvalue weighted by Crippen LogP contribution is -2.65. The molecule has 1 unspecified atom stereocenters. The van der Waals surface area contributed by atoms with E-state index in [2.05, 4.69) is 38.3 Å². The van der Waals surface area contributed by atoms with E-state index in [0.29, 0.717) is 37.2 Å². The van der Waals surface area contributed by atoms with Gasteiger partial charge in [0, 0.05) is 37.7 Å². The third-order valence-electron chi connectivity index (χ3n) is 14.0. The van der Waals surface area contributed by atoms with Crippen LogP contribution in [0.3, 0.4) is 0 Å². The Kier molecular flexibility index (Phi) is 15.8. The molecule has 12 atom stereocenters. The number of hydrogen-bond acceptors (Lipinski definition) is 9. The molecule has 0 heterocycles. The largest absolute Gasteiger partial charge is 0.478 e. The van der Waals surface area contributed by atoms with Gasteiger partial charge in [0.1, 0.15) is 6.10 Å². The second-order valence-electron chi connectivity index (χ2n) is 17.1. The second kappa shape index (κ2) is 18.5. The van der Waals surface area contributed by atoms with Crippen molar-refractivity contribution < 1.29 is 39.9 Å². The molecule has 4 aliphatic carbocycles. The molecule has 0 amide bonds. The van der Waals surface area contributed by atoms with E-state index >= 15 is 0 Å². The van der Waals surface area contributed by atoms with Crippen LogP contribution in [0.15, 0.2) is 22.8 Å². The maximum Gasteiger partial charge on any atom is 0.331 e. The summed E-state index contributed by atoms with van der Waals surface area (Å²) >= 11 is 0. The van der Waals surface area contributed by atoms with Crippen molar-refractivity contribution >= 4 is 11.9 Å². The first-order valence-corrected chi connectivity index (χ1v) is 19.8. The first-order chi connectivity index (χ1) is 23.9. The summed E-state index contributed by atoms with van der Waals surface area (Å²) in [5, 5.41) is 57.1. The average molecular weight is 721 g/mol. The number of hydrogen-bond donors (Lipinski definition) is 7. The van der Waals surface area contributed by atoms with Crippen molar-refractivity contribution in [2.45, 2.75) is 157 Å². The summed E-state index contributed by atoms with van der Waals surface area (Å²) in [6.45, 7) is 20.6. The molecule has 294 valence electrons. The number of aliphatic carboxylic acids is 1. The van der Waals surface area contributed by atoms with Crippen molar-refractivity contribution in [2.75, 3.05) is 26.3 Å². The molecule has 0 spiro atoms. The van der Waals surface area contributed by atoms with Gasteiger partial charge in [-0.25, -0.2) is 4.79 Å². The van der Waals surface area contributed by atoms with Crippen molar-refractivity contribution in [2.24, 2.45) is 39.9 Å². The van der Waals surface area contributed by atoms with Crippen LogP contribution >= 0.6 is 0 Å². The van der Waals surface area contributed by atoms with Crippen LogP contribution in [0.25, 0.3) is 0 Å². The van der Waals surface area contributed by atoms with Crippen LogP contribution in [0.1, 0.15) is 127 Å². The van der Waals surface area contributed by atoms with Gasteiger partial charge in [0.25, 0.3) is 0 Å². The molecule has 51 heavy (non-hydrogen) atoms. The van der Waals surface area contributed by atoms with E-state index in [0.717, 1.165) is 62.8 Å². The normalized spacial score (nSPS) is 37.8. The molecule has 0 aliphatic heterocycles. The molecule has 0 aromatic rings. The maximum absolute atomic E-state index is 12.6. The molecule has 4 rings (SSSR count). The fourth-order valence-electron chi connectivity index (χ4n) is 11.0. The number of carbonyl (C=O) groups excluding carboxylic acids is 1. The lowest BCUT2D eigenvalue weighted by Gasteiger charge is -2.69. The SMILES string of the molecule is CC(=O)O[C@H]1C[C@@]2(C)[C@@H](C[C@@H](O)C3[C@]2(C)CC[C@H]2[C@H](C)[C@H](O)CC[C@]32C)/C1=C(/CCC=C(C)C)C(=O)O.CC[C@@H](CO)NCCN[C@@H](CC)CO. The molecule has 0 bridgehead atoms. The number of aliphatic hydroxyl groups excluding tert-OH is 4. The number of esters is 1. The molecule has 0 saturated heterocycles. The molecule has 0 aromatic carbocycles. The fraction of sp³-hybridized carbons (Fsp3) is 0.854. The van der Waals surface area contributed by atoms with Crippen LogP contribution in [0.5, 0.6) is 0 Å². The highest BCUT2D eigenvalue weighted by atomic mass is 16.5. The lowest BCUT2D eigenvalue weighted by molar-refractivity contribution is -0.234. The molecule has 0 aromatic heterocycles. The zero-order chi connectivity index (χ0) is 38.3. The molecule has 10 nitrogen and oxygen atoms in total. The standard InChI is InChI=1S/C31H48O6.C10H24N2O2/c1-17(2)9-8-10-20(28(35)36)26-22-15-24(34)27-29(5)13-12-23(33)18(3)21(29)11-14-30(27,6)31(22,7)16-25(26)37-19(4)32;1-3-9(7-13)11-5-6-12-10(4-2)8-14/h9,18,21-25,27,33-34H,8,10-16H2,1-7H3,(H,35,36);9-14H,3-8H2,1-2H3/b26-20+;/t18-,21-,22-,23+,24+,25-,27?,29-,30-,31-;9-,10-/m00/s1. The summed E-state index contributed by atoms with van der Waals surface area (Å²) in [7, 11) is 0. The van der Waals surface area contributed by atoms with Gasteiger partial charge in [0.15, 0.2) is 0 Å². The number of fused-ring (bicyclic) bond motifs is 5. The molecule has 0 radical (unpaired) electrons. The van der Waals surface area contributed by atoms with Gasteiger partial charge >= 0.3 is 11.9 Å². The average Bonchev–Trinajstić information content (AvgIpc) is 3.34. The van der Waals surface area contributed by atoms with E-state index in [9.17, 15) is 24.9 Å². The summed E-state index contributed by atoms with van der Waals surface area (Å²) in [5.41, 5.74) is 1.57. The molecule has 4 aliphatic rings. The fourth-order valence-corrected chi connectivity index (χ4v) is 11.0. The first-order valence-electron chi connectivity index (χ1n) is 19.8. The summed E-state index contributed by atoms with van der Waals surface area (Å²) in [5.74, 6) is -0.909. The van der Waals surface area contributed by atoms with Gasteiger partial charge < -0.3 is 40.9 Å². The minimum absolute atomic E-state index is 0.0474. The van der Waals surface area contributed by atoms with Crippen molar-refractivity contribution in [1.82, 2.24) is 10.6 Å². The smallest absolute Gasteiger partial charge is 0.331 e. The van der Waals surface area contributed by atoms with Gasteiger partial charge in [-0.05, 0) is 124 Å².